The van der Waals surface area contributed by atoms with E-state index in [1.54, 1.807) is 17.5 Å². The van der Waals surface area contributed by atoms with Crippen molar-refractivity contribution in [2.24, 2.45) is 0 Å². The van der Waals surface area contributed by atoms with Gasteiger partial charge in [-0.05, 0) is 56.4 Å². The molecule has 2 aromatic heterocycles. The number of carbonyl (C=O) groups excluding carboxylic acids is 1. The molecule has 0 bridgehead atoms. The van der Waals surface area contributed by atoms with Crippen LogP contribution < -0.4 is 21.3 Å². The predicted molar refractivity (Wildman–Crippen MR) is 141 cm³/mol. The summed E-state index contributed by atoms with van der Waals surface area (Å²) in [6.07, 6.45) is 4.99. The Morgan fingerprint density at radius 1 is 1.17 bits per heavy atom. The standard InChI is InChI=1S/C26H33N7OS/c1-15(2)29-22(34)18-13-27-24(33-21(18)31-20-14-35-23(32-20)25(3,4)5)30-17-6-7-19-16(12-17)8-11-28-26(19)9-10-26/h6-7,12-15,28H,8-11H2,1-5H3,(H,29,34)(H2,27,30,31,33). The molecular weight excluding hydrogens is 458 g/mol. The summed E-state index contributed by atoms with van der Waals surface area (Å²) < 4.78 is 0. The SMILES string of the molecule is CC(C)NC(=O)c1cnc(Nc2ccc3c(c2)CCNC32CC2)nc1Nc1csc(C(C)(C)C)n1. The number of aromatic nitrogens is 3. The zero-order chi connectivity index (χ0) is 24.8. The average molecular weight is 492 g/mol. The van der Waals surface area contributed by atoms with Crippen LogP contribution in [-0.4, -0.2) is 33.4 Å². The number of anilines is 4. The highest BCUT2D eigenvalue weighted by Crippen LogP contribution is 2.49. The molecule has 3 aromatic rings. The second kappa shape index (κ2) is 8.87. The highest BCUT2D eigenvalue weighted by atomic mass is 32.1. The highest BCUT2D eigenvalue weighted by molar-refractivity contribution is 7.10. The molecule has 9 heteroatoms. The number of amides is 1. The number of benzene rings is 1. The van der Waals surface area contributed by atoms with Crippen molar-refractivity contribution in [2.45, 2.75) is 70.9 Å². The number of fused-ring (bicyclic) bond motifs is 2. The summed E-state index contributed by atoms with van der Waals surface area (Å²) >= 11 is 1.59. The van der Waals surface area contributed by atoms with Crippen LogP contribution in [0.1, 0.15) is 74.0 Å². The number of thiazole rings is 1. The van der Waals surface area contributed by atoms with Crippen LogP contribution in [0.5, 0.6) is 0 Å². The van der Waals surface area contributed by atoms with Gasteiger partial charge >= 0.3 is 0 Å². The van der Waals surface area contributed by atoms with Crippen LogP contribution >= 0.6 is 11.3 Å². The highest BCUT2D eigenvalue weighted by Gasteiger charge is 2.46. The first-order chi connectivity index (χ1) is 16.6. The van der Waals surface area contributed by atoms with Crippen LogP contribution in [0.25, 0.3) is 0 Å². The van der Waals surface area contributed by atoms with E-state index < -0.39 is 0 Å². The lowest BCUT2D eigenvalue weighted by atomic mass is 9.92. The van der Waals surface area contributed by atoms with Gasteiger partial charge in [-0.1, -0.05) is 26.8 Å². The van der Waals surface area contributed by atoms with Crippen LogP contribution in [0.4, 0.5) is 23.3 Å². The van der Waals surface area contributed by atoms with Gasteiger partial charge in [0.05, 0.1) is 0 Å². The van der Waals surface area contributed by atoms with Gasteiger partial charge in [0.1, 0.15) is 22.2 Å². The molecule has 1 amide bonds. The van der Waals surface area contributed by atoms with Gasteiger partial charge in [-0.15, -0.1) is 11.3 Å². The quantitative estimate of drug-likeness (QED) is 0.385. The minimum atomic E-state index is -0.226. The van der Waals surface area contributed by atoms with Gasteiger partial charge < -0.3 is 21.3 Å². The predicted octanol–water partition coefficient (Wildman–Crippen LogP) is 4.99. The Bertz CT molecular complexity index is 1260. The molecule has 1 aliphatic heterocycles. The number of hydrogen-bond acceptors (Lipinski definition) is 8. The molecule has 0 unspecified atom stereocenters. The van der Waals surface area contributed by atoms with E-state index in [1.165, 1.54) is 24.0 Å². The number of hydrogen-bond donors (Lipinski definition) is 4. The lowest BCUT2D eigenvalue weighted by Crippen LogP contribution is -2.36. The Hall–Kier alpha value is -3.04. The molecule has 184 valence electrons. The molecule has 1 spiro atoms. The Labute approximate surface area is 210 Å². The first kappa shape index (κ1) is 23.7. The molecule has 35 heavy (non-hydrogen) atoms. The van der Waals surface area contributed by atoms with Gasteiger partial charge in [-0.25, -0.2) is 9.97 Å². The smallest absolute Gasteiger partial charge is 0.256 e. The minimum absolute atomic E-state index is 0.000312. The molecule has 0 radical (unpaired) electrons. The zero-order valence-corrected chi connectivity index (χ0v) is 21.8. The molecule has 1 saturated carbocycles. The van der Waals surface area contributed by atoms with Crippen LogP contribution in [-0.2, 0) is 17.4 Å². The van der Waals surface area contributed by atoms with E-state index in [1.807, 2.05) is 19.2 Å². The van der Waals surface area contributed by atoms with Gasteiger partial charge in [0.15, 0.2) is 0 Å². The molecule has 8 nitrogen and oxygen atoms in total. The van der Waals surface area contributed by atoms with Gasteiger partial charge in [-0.2, -0.15) is 4.98 Å². The van der Waals surface area contributed by atoms with E-state index >= 15 is 0 Å². The van der Waals surface area contributed by atoms with Crippen LogP contribution in [0.2, 0.25) is 0 Å². The van der Waals surface area contributed by atoms with Crippen molar-refractivity contribution >= 4 is 40.5 Å². The Morgan fingerprint density at radius 2 is 1.97 bits per heavy atom. The molecule has 0 atom stereocenters. The normalized spacial score (nSPS) is 16.2. The van der Waals surface area contributed by atoms with Crippen molar-refractivity contribution in [2.75, 3.05) is 17.2 Å². The van der Waals surface area contributed by atoms with Crippen molar-refractivity contribution < 1.29 is 4.79 Å². The topological polar surface area (TPSA) is 104 Å². The fraction of sp³-hybridized carbons (Fsp3) is 0.462. The molecule has 4 N–H and O–H groups in total. The van der Waals surface area contributed by atoms with Crippen LogP contribution in [0, 0.1) is 0 Å². The van der Waals surface area contributed by atoms with E-state index in [4.69, 9.17) is 4.98 Å². The maximum Gasteiger partial charge on any atom is 0.256 e. The summed E-state index contributed by atoms with van der Waals surface area (Å²) in [7, 11) is 0. The third-order valence-electron chi connectivity index (χ3n) is 6.33. The van der Waals surface area contributed by atoms with Crippen molar-refractivity contribution in [3.05, 3.63) is 51.5 Å². The second-order valence-corrected chi connectivity index (χ2v) is 11.6. The molecule has 1 aromatic carbocycles. The summed E-state index contributed by atoms with van der Waals surface area (Å²) in [4.78, 5) is 26.7. The number of rotatable bonds is 6. The Morgan fingerprint density at radius 3 is 2.66 bits per heavy atom. The van der Waals surface area contributed by atoms with Gasteiger partial charge in [0.2, 0.25) is 5.95 Å². The number of nitrogens with one attached hydrogen (secondary N) is 4. The van der Waals surface area contributed by atoms with Crippen molar-refractivity contribution in [3.8, 4) is 0 Å². The first-order valence-corrected chi connectivity index (χ1v) is 13.1. The Balaban J connectivity index is 1.43. The number of nitrogens with zero attached hydrogens (tertiary/aromatic N) is 3. The summed E-state index contributed by atoms with van der Waals surface area (Å²) in [5, 5.41) is 16.1. The lowest BCUT2D eigenvalue weighted by Gasteiger charge is -2.27. The molecule has 0 saturated heterocycles. The molecular formula is C26H33N7OS. The largest absolute Gasteiger partial charge is 0.350 e. The molecule has 3 heterocycles. The third-order valence-corrected chi connectivity index (χ3v) is 7.60. The van der Waals surface area contributed by atoms with Crippen LogP contribution in [0.15, 0.2) is 29.8 Å². The summed E-state index contributed by atoms with van der Waals surface area (Å²) in [6.45, 7) is 11.2. The Kier molecular flexibility index (Phi) is 6.01. The lowest BCUT2D eigenvalue weighted by molar-refractivity contribution is 0.0943. The second-order valence-electron chi connectivity index (χ2n) is 10.8. The maximum atomic E-state index is 12.9. The number of carbonyl (C=O) groups is 1. The fourth-order valence-corrected chi connectivity index (χ4v) is 5.26. The maximum absolute atomic E-state index is 12.9. The monoisotopic (exact) mass is 491 g/mol. The molecule has 2 aliphatic rings. The summed E-state index contributed by atoms with van der Waals surface area (Å²) in [5.41, 5.74) is 4.25. The van der Waals surface area contributed by atoms with Crippen LogP contribution in [0.3, 0.4) is 0 Å². The van der Waals surface area contributed by atoms with E-state index in [0.29, 0.717) is 23.1 Å². The summed E-state index contributed by atoms with van der Waals surface area (Å²) in [6, 6.07) is 6.49. The first-order valence-electron chi connectivity index (χ1n) is 12.2. The molecule has 1 aliphatic carbocycles. The molecule has 5 rings (SSSR count). The van der Waals surface area contributed by atoms with E-state index in [0.717, 1.165) is 23.7 Å². The van der Waals surface area contributed by atoms with Gasteiger partial charge in [0, 0.05) is 40.8 Å². The molecule has 1 fully saturated rings. The van der Waals surface area contributed by atoms with E-state index in [2.05, 4.69) is 70.2 Å². The third kappa shape index (κ3) is 5.01. The zero-order valence-electron chi connectivity index (χ0n) is 21.0. The fourth-order valence-electron chi connectivity index (χ4n) is 4.42. The van der Waals surface area contributed by atoms with Gasteiger partial charge in [0.25, 0.3) is 5.91 Å². The van der Waals surface area contributed by atoms with Crippen molar-refractivity contribution in [1.29, 1.82) is 0 Å². The van der Waals surface area contributed by atoms with Crippen molar-refractivity contribution in [3.63, 3.8) is 0 Å². The van der Waals surface area contributed by atoms with Gasteiger partial charge in [-0.3, -0.25) is 4.79 Å². The van der Waals surface area contributed by atoms with E-state index in [9.17, 15) is 4.79 Å². The minimum Gasteiger partial charge on any atom is -0.350 e. The van der Waals surface area contributed by atoms with Crippen molar-refractivity contribution in [1.82, 2.24) is 25.6 Å². The van der Waals surface area contributed by atoms with E-state index in [-0.39, 0.29) is 22.9 Å². The average Bonchev–Trinajstić information content (AvgIpc) is 3.37. The summed E-state index contributed by atoms with van der Waals surface area (Å²) in [5.74, 6) is 1.29.